The second-order valence-electron chi connectivity index (χ2n) is 5.84. The molecule has 7 heteroatoms. The Balaban J connectivity index is 1.63. The first-order valence-corrected chi connectivity index (χ1v) is 7.75. The first-order chi connectivity index (χ1) is 11.8. The van der Waals surface area contributed by atoms with Crippen LogP contribution in [0.5, 0.6) is 0 Å². The average molecular weight is 320 g/mol. The lowest BCUT2D eigenvalue weighted by atomic mass is 10.0. The number of pyridine rings is 1. The van der Waals surface area contributed by atoms with Crippen LogP contribution in [0, 0.1) is 0 Å². The Morgan fingerprint density at radius 3 is 2.83 bits per heavy atom. The number of alkyl halides is 1. The van der Waals surface area contributed by atoms with E-state index in [0.717, 1.165) is 16.5 Å². The molecular formula is C17H13FN6. The van der Waals surface area contributed by atoms with Gasteiger partial charge in [0, 0.05) is 18.0 Å². The van der Waals surface area contributed by atoms with Crippen LogP contribution in [0.4, 0.5) is 4.39 Å². The van der Waals surface area contributed by atoms with E-state index in [9.17, 15) is 4.39 Å². The third-order valence-corrected chi connectivity index (χ3v) is 4.40. The minimum Gasteiger partial charge on any atom is -0.262 e. The van der Waals surface area contributed by atoms with Crippen molar-refractivity contribution in [2.45, 2.75) is 18.6 Å². The van der Waals surface area contributed by atoms with Crippen molar-refractivity contribution in [3.63, 3.8) is 0 Å². The van der Waals surface area contributed by atoms with Gasteiger partial charge >= 0.3 is 0 Å². The number of rotatable bonds is 2. The number of fused-ring (bicyclic) bond motifs is 2. The number of benzene rings is 1. The molecular weight excluding hydrogens is 307 g/mol. The topological polar surface area (TPSA) is 61.4 Å². The lowest BCUT2D eigenvalue weighted by Gasteiger charge is -2.11. The maximum atomic E-state index is 14.5. The van der Waals surface area contributed by atoms with Gasteiger partial charge in [-0.3, -0.25) is 4.98 Å². The standard InChI is InChI=1S/C17H13FN6/c18-13-8-14(11-4-2-1-3-5-11)23-16(13)21-17(22-23)24-15-10-19-7-6-12(15)9-20-24/h1-7,9-10,13-14H,8H2. The Morgan fingerprint density at radius 2 is 1.96 bits per heavy atom. The van der Waals surface area contributed by atoms with E-state index < -0.39 is 6.17 Å². The van der Waals surface area contributed by atoms with Gasteiger partial charge in [0.1, 0.15) is 0 Å². The lowest BCUT2D eigenvalue weighted by Crippen LogP contribution is -2.08. The quantitative estimate of drug-likeness (QED) is 0.569. The molecule has 6 nitrogen and oxygen atoms in total. The number of hydrogen-bond donors (Lipinski definition) is 0. The molecule has 4 heterocycles. The van der Waals surface area contributed by atoms with E-state index in [0.29, 0.717) is 18.2 Å². The number of hydrogen-bond acceptors (Lipinski definition) is 4. The second-order valence-corrected chi connectivity index (χ2v) is 5.84. The smallest absolute Gasteiger partial charge is 0.262 e. The summed E-state index contributed by atoms with van der Waals surface area (Å²) in [5.41, 5.74) is 1.83. The zero-order valence-electron chi connectivity index (χ0n) is 12.6. The van der Waals surface area contributed by atoms with Crippen LogP contribution in [0.1, 0.15) is 30.0 Å². The molecule has 0 bridgehead atoms. The molecule has 5 rings (SSSR count). The van der Waals surface area contributed by atoms with Gasteiger partial charge < -0.3 is 0 Å². The number of nitrogens with zero attached hydrogens (tertiary/aromatic N) is 6. The van der Waals surface area contributed by atoms with E-state index in [-0.39, 0.29) is 6.04 Å². The molecule has 4 aromatic rings. The summed E-state index contributed by atoms with van der Waals surface area (Å²) in [5.74, 6) is 0.725. The van der Waals surface area contributed by atoms with Crippen molar-refractivity contribution in [3.05, 3.63) is 66.4 Å². The molecule has 0 aliphatic carbocycles. The van der Waals surface area contributed by atoms with E-state index in [1.807, 2.05) is 36.4 Å². The molecule has 1 aliphatic rings. The Labute approximate surface area is 136 Å². The summed E-state index contributed by atoms with van der Waals surface area (Å²) in [4.78, 5) is 8.50. The van der Waals surface area contributed by atoms with Crippen LogP contribution < -0.4 is 0 Å². The molecule has 0 amide bonds. The normalized spacial score (nSPS) is 19.7. The van der Waals surface area contributed by atoms with Gasteiger partial charge in [0.05, 0.1) is 24.0 Å². The summed E-state index contributed by atoms with van der Waals surface area (Å²) >= 11 is 0. The van der Waals surface area contributed by atoms with Gasteiger partial charge in [-0.15, -0.1) is 5.10 Å². The van der Waals surface area contributed by atoms with E-state index in [4.69, 9.17) is 0 Å². The van der Waals surface area contributed by atoms with Gasteiger partial charge in [0.25, 0.3) is 5.95 Å². The van der Waals surface area contributed by atoms with Crippen molar-refractivity contribution in [3.8, 4) is 5.95 Å². The summed E-state index contributed by atoms with van der Waals surface area (Å²) in [7, 11) is 0. The van der Waals surface area contributed by atoms with Gasteiger partial charge in [-0.2, -0.15) is 14.8 Å². The molecule has 0 fully saturated rings. The minimum atomic E-state index is -1.13. The Hall–Kier alpha value is -3.09. The van der Waals surface area contributed by atoms with Gasteiger partial charge in [-0.25, -0.2) is 9.07 Å². The third-order valence-electron chi connectivity index (χ3n) is 4.40. The van der Waals surface area contributed by atoms with Crippen LogP contribution in [-0.4, -0.2) is 29.5 Å². The molecule has 24 heavy (non-hydrogen) atoms. The zero-order chi connectivity index (χ0) is 16.1. The molecule has 0 spiro atoms. The summed E-state index contributed by atoms with van der Waals surface area (Å²) < 4.78 is 17.7. The molecule has 3 aromatic heterocycles. The molecule has 2 unspecified atom stereocenters. The van der Waals surface area contributed by atoms with Crippen molar-refractivity contribution in [2.75, 3.05) is 0 Å². The van der Waals surface area contributed by atoms with Crippen molar-refractivity contribution in [2.24, 2.45) is 0 Å². The van der Waals surface area contributed by atoms with Crippen LogP contribution in [0.25, 0.3) is 16.9 Å². The highest BCUT2D eigenvalue weighted by atomic mass is 19.1. The van der Waals surface area contributed by atoms with Gasteiger partial charge in [0.2, 0.25) is 0 Å². The van der Waals surface area contributed by atoms with Crippen LogP contribution >= 0.6 is 0 Å². The summed E-state index contributed by atoms with van der Waals surface area (Å²) in [6.45, 7) is 0. The van der Waals surface area contributed by atoms with Gasteiger partial charge in [0.15, 0.2) is 12.0 Å². The predicted molar refractivity (Wildman–Crippen MR) is 85.5 cm³/mol. The number of aromatic nitrogens is 6. The Kier molecular flexibility index (Phi) is 2.76. The molecule has 118 valence electrons. The average Bonchev–Trinajstić information content (AvgIpc) is 3.30. The van der Waals surface area contributed by atoms with Crippen molar-refractivity contribution in [1.29, 1.82) is 0 Å². The van der Waals surface area contributed by atoms with Crippen molar-refractivity contribution >= 4 is 10.9 Å². The second kappa shape index (κ2) is 4.95. The fraction of sp³-hybridized carbons (Fsp3) is 0.176. The maximum absolute atomic E-state index is 14.5. The van der Waals surface area contributed by atoms with E-state index >= 15 is 0 Å². The highest BCUT2D eigenvalue weighted by molar-refractivity contribution is 5.78. The highest BCUT2D eigenvalue weighted by Gasteiger charge is 2.35. The van der Waals surface area contributed by atoms with Gasteiger partial charge in [-0.1, -0.05) is 30.3 Å². The molecule has 0 N–H and O–H groups in total. The van der Waals surface area contributed by atoms with Gasteiger partial charge in [-0.05, 0) is 11.6 Å². The van der Waals surface area contributed by atoms with Crippen LogP contribution in [0.15, 0.2) is 55.0 Å². The van der Waals surface area contributed by atoms with Crippen LogP contribution in [0.3, 0.4) is 0 Å². The lowest BCUT2D eigenvalue weighted by molar-refractivity contribution is 0.328. The molecule has 1 aliphatic heterocycles. The molecule has 1 aromatic carbocycles. The van der Waals surface area contributed by atoms with Crippen molar-refractivity contribution < 1.29 is 4.39 Å². The summed E-state index contributed by atoms with van der Waals surface area (Å²) in [6, 6.07) is 11.5. The van der Waals surface area contributed by atoms with Crippen LogP contribution in [-0.2, 0) is 0 Å². The fourth-order valence-electron chi connectivity index (χ4n) is 3.23. The molecule has 0 saturated carbocycles. The first kappa shape index (κ1) is 13.4. The predicted octanol–water partition coefficient (Wildman–Crippen LogP) is 3.02. The van der Waals surface area contributed by atoms with Crippen molar-refractivity contribution in [1.82, 2.24) is 29.5 Å². The van der Waals surface area contributed by atoms with E-state index in [2.05, 4.69) is 20.2 Å². The Morgan fingerprint density at radius 1 is 1.08 bits per heavy atom. The fourth-order valence-corrected chi connectivity index (χ4v) is 3.23. The molecule has 2 atom stereocenters. The largest absolute Gasteiger partial charge is 0.270 e. The first-order valence-electron chi connectivity index (χ1n) is 7.75. The SMILES string of the molecule is FC1CC(c2ccccc2)n2nc(-n3ncc4ccncc43)nc21. The van der Waals surface area contributed by atoms with Crippen LogP contribution in [0.2, 0.25) is 0 Å². The number of halogens is 1. The molecule has 0 radical (unpaired) electrons. The highest BCUT2D eigenvalue weighted by Crippen LogP contribution is 2.39. The monoisotopic (exact) mass is 320 g/mol. The zero-order valence-corrected chi connectivity index (χ0v) is 12.6. The van der Waals surface area contributed by atoms with E-state index in [1.165, 1.54) is 0 Å². The Bertz CT molecular complexity index is 1020. The molecule has 0 saturated heterocycles. The minimum absolute atomic E-state index is 0.141. The third kappa shape index (κ3) is 1.87. The van der Waals surface area contributed by atoms with E-state index in [1.54, 1.807) is 28.0 Å². The summed E-state index contributed by atoms with van der Waals surface area (Å²) in [5, 5.41) is 9.79. The summed E-state index contributed by atoms with van der Waals surface area (Å²) in [6.07, 6.45) is 4.37. The maximum Gasteiger partial charge on any atom is 0.270 e.